The third kappa shape index (κ3) is 5.93. The van der Waals surface area contributed by atoms with Crippen molar-refractivity contribution in [2.24, 2.45) is 0 Å². The molecule has 1 fully saturated rings. The molecule has 23 heavy (non-hydrogen) atoms. The number of hydrogen-bond donors (Lipinski definition) is 1. The van der Waals surface area contributed by atoms with E-state index in [0.29, 0.717) is 5.75 Å². The van der Waals surface area contributed by atoms with Gasteiger partial charge in [-0.15, -0.1) is 0 Å². The molecule has 0 saturated heterocycles. The predicted molar refractivity (Wildman–Crippen MR) is 87.4 cm³/mol. The molecular formula is C18H25NO4. The zero-order valence-corrected chi connectivity index (χ0v) is 13.9. The summed E-state index contributed by atoms with van der Waals surface area (Å²) in [5.74, 6) is -0.157. The summed E-state index contributed by atoms with van der Waals surface area (Å²) in [6, 6.07) is 5.85. The summed E-state index contributed by atoms with van der Waals surface area (Å²) in [6.07, 6.45) is 5.55. The van der Waals surface area contributed by atoms with Crippen LogP contribution in [0.4, 0.5) is 0 Å². The molecule has 0 bridgehead atoms. The standard InChI is InChI=1S/C18H25NO4/c1-13-8-9-16(10-14(13)2)22-12-18(21)23-11-17(20)19-15-6-4-3-5-7-15/h8-10,15H,3-7,11-12H2,1-2H3,(H,19,20). The Bertz CT molecular complexity index is 550. The number of hydrogen-bond acceptors (Lipinski definition) is 4. The number of carbonyl (C=O) groups is 2. The lowest BCUT2D eigenvalue weighted by molar-refractivity contribution is -0.150. The number of ether oxygens (including phenoxy) is 2. The maximum Gasteiger partial charge on any atom is 0.344 e. The van der Waals surface area contributed by atoms with Crippen LogP contribution >= 0.6 is 0 Å². The van der Waals surface area contributed by atoms with Gasteiger partial charge in [0, 0.05) is 6.04 Å². The number of carbonyl (C=O) groups excluding carboxylic acids is 2. The van der Waals surface area contributed by atoms with Gasteiger partial charge < -0.3 is 14.8 Å². The fraction of sp³-hybridized carbons (Fsp3) is 0.556. The van der Waals surface area contributed by atoms with E-state index in [9.17, 15) is 9.59 Å². The Kier molecular flexibility index (Phi) is 6.44. The average Bonchev–Trinajstić information content (AvgIpc) is 2.55. The van der Waals surface area contributed by atoms with Crippen LogP contribution in [0.15, 0.2) is 18.2 Å². The van der Waals surface area contributed by atoms with E-state index in [2.05, 4.69) is 5.32 Å². The molecule has 5 heteroatoms. The molecule has 1 aromatic rings. The monoisotopic (exact) mass is 319 g/mol. The van der Waals surface area contributed by atoms with Crippen LogP contribution in [-0.4, -0.2) is 31.1 Å². The maximum atomic E-state index is 11.7. The molecule has 1 amide bonds. The molecule has 2 rings (SSSR count). The Morgan fingerprint density at radius 3 is 2.52 bits per heavy atom. The first-order chi connectivity index (χ1) is 11.0. The lowest BCUT2D eigenvalue weighted by Crippen LogP contribution is -2.39. The first kappa shape index (κ1) is 17.3. The number of aryl methyl sites for hydroxylation is 2. The van der Waals surface area contributed by atoms with Crippen molar-refractivity contribution in [2.45, 2.75) is 52.0 Å². The van der Waals surface area contributed by atoms with Gasteiger partial charge in [-0.2, -0.15) is 0 Å². The minimum absolute atomic E-state index is 0.195. The van der Waals surface area contributed by atoms with Gasteiger partial charge in [-0.25, -0.2) is 4.79 Å². The zero-order valence-electron chi connectivity index (χ0n) is 13.9. The SMILES string of the molecule is Cc1ccc(OCC(=O)OCC(=O)NC2CCCCC2)cc1C. The summed E-state index contributed by atoms with van der Waals surface area (Å²) in [6.45, 7) is 3.55. The molecule has 126 valence electrons. The first-order valence-corrected chi connectivity index (χ1v) is 8.19. The summed E-state index contributed by atoms with van der Waals surface area (Å²) >= 11 is 0. The van der Waals surface area contributed by atoms with Crippen molar-refractivity contribution < 1.29 is 19.1 Å². The number of nitrogens with one attached hydrogen (secondary N) is 1. The normalized spacial score (nSPS) is 15.0. The smallest absolute Gasteiger partial charge is 0.344 e. The lowest BCUT2D eigenvalue weighted by atomic mass is 9.95. The molecule has 1 N–H and O–H groups in total. The second-order valence-corrected chi connectivity index (χ2v) is 6.10. The van der Waals surface area contributed by atoms with Crippen molar-refractivity contribution in [3.63, 3.8) is 0 Å². The van der Waals surface area contributed by atoms with Gasteiger partial charge in [0.2, 0.25) is 0 Å². The molecule has 0 unspecified atom stereocenters. The van der Waals surface area contributed by atoms with Crippen molar-refractivity contribution in [3.8, 4) is 5.75 Å². The maximum absolute atomic E-state index is 11.7. The van der Waals surface area contributed by atoms with Crippen LogP contribution in [0, 0.1) is 13.8 Å². The minimum atomic E-state index is -0.540. The lowest BCUT2D eigenvalue weighted by Gasteiger charge is -2.22. The van der Waals surface area contributed by atoms with E-state index in [0.717, 1.165) is 31.2 Å². The largest absolute Gasteiger partial charge is 0.482 e. The van der Waals surface area contributed by atoms with Crippen molar-refractivity contribution >= 4 is 11.9 Å². The van der Waals surface area contributed by atoms with Gasteiger partial charge in [0.25, 0.3) is 5.91 Å². The molecule has 0 aliphatic heterocycles. The number of benzene rings is 1. The van der Waals surface area contributed by atoms with Gasteiger partial charge >= 0.3 is 5.97 Å². The first-order valence-electron chi connectivity index (χ1n) is 8.19. The van der Waals surface area contributed by atoms with E-state index in [1.165, 1.54) is 12.0 Å². The van der Waals surface area contributed by atoms with Gasteiger partial charge in [-0.05, 0) is 49.9 Å². The third-order valence-electron chi connectivity index (χ3n) is 4.17. The van der Waals surface area contributed by atoms with Crippen LogP contribution in [0.25, 0.3) is 0 Å². The molecule has 0 radical (unpaired) electrons. The average molecular weight is 319 g/mol. The second-order valence-electron chi connectivity index (χ2n) is 6.10. The highest BCUT2D eigenvalue weighted by molar-refractivity contribution is 5.81. The Labute approximate surface area is 137 Å². The zero-order chi connectivity index (χ0) is 16.7. The summed E-state index contributed by atoms with van der Waals surface area (Å²) in [7, 11) is 0. The van der Waals surface area contributed by atoms with Crippen LogP contribution in [0.5, 0.6) is 5.75 Å². The van der Waals surface area contributed by atoms with Crippen molar-refractivity contribution in [2.75, 3.05) is 13.2 Å². The highest BCUT2D eigenvalue weighted by atomic mass is 16.6. The van der Waals surface area contributed by atoms with Gasteiger partial charge in [-0.3, -0.25) is 4.79 Å². The quantitative estimate of drug-likeness (QED) is 0.819. The van der Waals surface area contributed by atoms with Gasteiger partial charge in [0.05, 0.1) is 0 Å². The van der Waals surface area contributed by atoms with Crippen LogP contribution in [-0.2, 0) is 14.3 Å². The third-order valence-corrected chi connectivity index (χ3v) is 4.17. The summed E-state index contributed by atoms with van der Waals surface area (Å²) in [4.78, 5) is 23.4. The van der Waals surface area contributed by atoms with Crippen LogP contribution < -0.4 is 10.1 Å². The van der Waals surface area contributed by atoms with E-state index in [-0.39, 0.29) is 25.2 Å². The highest BCUT2D eigenvalue weighted by Crippen LogP contribution is 2.17. The van der Waals surface area contributed by atoms with Crippen LogP contribution in [0.3, 0.4) is 0 Å². The fourth-order valence-corrected chi connectivity index (χ4v) is 2.65. The molecule has 0 atom stereocenters. The summed E-state index contributed by atoms with van der Waals surface area (Å²) in [5, 5.41) is 2.90. The van der Waals surface area contributed by atoms with E-state index in [4.69, 9.17) is 9.47 Å². The summed E-state index contributed by atoms with van der Waals surface area (Å²) in [5.41, 5.74) is 2.27. The molecule has 0 spiro atoms. The Morgan fingerprint density at radius 2 is 1.83 bits per heavy atom. The number of rotatable bonds is 6. The molecule has 1 saturated carbocycles. The molecular weight excluding hydrogens is 294 g/mol. The molecule has 1 aliphatic rings. The van der Waals surface area contributed by atoms with Crippen LogP contribution in [0.1, 0.15) is 43.2 Å². The van der Waals surface area contributed by atoms with Crippen LogP contribution in [0.2, 0.25) is 0 Å². The minimum Gasteiger partial charge on any atom is -0.482 e. The highest BCUT2D eigenvalue weighted by Gasteiger charge is 2.16. The number of amides is 1. The topological polar surface area (TPSA) is 64.6 Å². The van der Waals surface area contributed by atoms with E-state index < -0.39 is 5.97 Å². The molecule has 5 nitrogen and oxygen atoms in total. The molecule has 0 heterocycles. The molecule has 1 aliphatic carbocycles. The summed E-state index contributed by atoms with van der Waals surface area (Å²) < 4.78 is 10.3. The predicted octanol–water partition coefficient (Wildman–Crippen LogP) is 2.67. The van der Waals surface area contributed by atoms with Gasteiger partial charge in [-0.1, -0.05) is 25.3 Å². The Morgan fingerprint density at radius 1 is 1.09 bits per heavy atom. The Hall–Kier alpha value is -2.04. The molecule has 0 aromatic heterocycles. The van der Waals surface area contributed by atoms with E-state index in [1.54, 1.807) is 0 Å². The van der Waals surface area contributed by atoms with E-state index >= 15 is 0 Å². The number of esters is 1. The van der Waals surface area contributed by atoms with Crippen molar-refractivity contribution in [1.82, 2.24) is 5.32 Å². The van der Waals surface area contributed by atoms with Gasteiger partial charge in [0.15, 0.2) is 13.2 Å². The van der Waals surface area contributed by atoms with Crippen molar-refractivity contribution in [3.05, 3.63) is 29.3 Å². The molecule has 1 aromatic carbocycles. The fourth-order valence-electron chi connectivity index (χ4n) is 2.65. The van der Waals surface area contributed by atoms with E-state index in [1.807, 2.05) is 32.0 Å². The Balaban J connectivity index is 1.66. The second kappa shape index (κ2) is 8.56. The van der Waals surface area contributed by atoms with Gasteiger partial charge in [0.1, 0.15) is 5.75 Å². The van der Waals surface area contributed by atoms with Crippen molar-refractivity contribution in [1.29, 1.82) is 0 Å².